The van der Waals surface area contributed by atoms with Crippen LogP contribution >= 0.6 is 9.24 Å². The van der Waals surface area contributed by atoms with E-state index in [2.05, 4.69) is 9.24 Å². The van der Waals surface area contributed by atoms with Crippen molar-refractivity contribution >= 4 is 9.24 Å². The lowest BCUT2D eigenvalue weighted by atomic mass is 10.3. The quantitative estimate of drug-likeness (QED) is 0.440. The summed E-state index contributed by atoms with van der Waals surface area (Å²) < 4.78 is 4.78. The molecule has 3 heteroatoms. The summed E-state index contributed by atoms with van der Waals surface area (Å²) in [6.45, 7) is 1.88. The zero-order valence-electron chi connectivity index (χ0n) is 4.68. The van der Waals surface area contributed by atoms with Crippen LogP contribution in [0.4, 0.5) is 0 Å². The Kier molecular flexibility index (Phi) is 1.43. The third kappa shape index (κ3) is 0.948. The monoisotopic (exact) mass is 131 g/mol. The zero-order chi connectivity index (χ0) is 6.15. The van der Waals surface area contributed by atoms with Crippen LogP contribution in [-0.2, 0) is 4.74 Å². The van der Waals surface area contributed by atoms with E-state index in [0.717, 1.165) is 11.7 Å². The van der Waals surface area contributed by atoms with Crippen LogP contribution in [0.15, 0.2) is 11.3 Å². The molecular formula is C5H8O2P-. The lowest BCUT2D eigenvalue weighted by Crippen LogP contribution is -2.07. The van der Waals surface area contributed by atoms with E-state index in [1.165, 1.54) is 0 Å². The lowest BCUT2D eigenvalue weighted by molar-refractivity contribution is -0.357. The Bertz CT molecular complexity index is 116. The fraction of sp³-hybridized carbons (Fsp3) is 0.600. The molecule has 0 aromatic rings. The van der Waals surface area contributed by atoms with Crippen molar-refractivity contribution < 1.29 is 9.84 Å². The fourth-order valence-corrected chi connectivity index (χ4v) is 1.09. The summed E-state index contributed by atoms with van der Waals surface area (Å²) in [5, 5.41) is 11.3. The standard InChI is InChI=1S/C5H9O2P/c1-3-2-4(8)5(6)7-3/h3,6H,2,8H2,1H3/p-1. The summed E-state index contributed by atoms with van der Waals surface area (Å²) in [5.41, 5.74) is 0. The summed E-state index contributed by atoms with van der Waals surface area (Å²) >= 11 is 0. The molecule has 0 aromatic carbocycles. The van der Waals surface area contributed by atoms with Crippen LogP contribution in [0.3, 0.4) is 0 Å². The van der Waals surface area contributed by atoms with Crippen molar-refractivity contribution in [3.05, 3.63) is 11.3 Å². The predicted octanol–water partition coefficient (Wildman–Crippen LogP) is 0.200. The van der Waals surface area contributed by atoms with Gasteiger partial charge >= 0.3 is 0 Å². The van der Waals surface area contributed by atoms with Gasteiger partial charge in [0.1, 0.15) is 0 Å². The van der Waals surface area contributed by atoms with Gasteiger partial charge in [-0.25, -0.2) is 0 Å². The SMILES string of the molecule is CC1CC(P)=C([O-])O1. The predicted molar refractivity (Wildman–Crippen MR) is 31.9 cm³/mol. The number of hydrogen-bond acceptors (Lipinski definition) is 2. The van der Waals surface area contributed by atoms with Gasteiger partial charge in [0, 0.05) is 6.10 Å². The Morgan fingerprint density at radius 3 is 2.62 bits per heavy atom. The molecule has 2 atom stereocenters. The third-order valence-corrected chi connectivity index (χ3v) is 1.55. The van der Waals surface area contributed by atoms with E-state index < -0.39 is 0 Å². The molecular weight excluding hydrogens is 123 g/mol. The van der Waals surface area contributed by atoms with E-state index >= 15 is 0 Å². The first-order valence-corrected chi connectivity index (χ1v) is 3.10. The molecule has 46 valence electrons. The molecule has 0 amide bonds. The molecule has 0 saturated carbocycles. The highest BCUT2D eigenvalue weighted by Crippen LogP contribution is 2.25. The third-order valence-electron chi connectivity index (χ3n) is 1.08. The lowest BCUT2D eigenvalue weighted by Gasteiger charge is -2.12. The summed E-state index contributed by atoms with van der Waals surface area (Å²) in [5.74, 6) is -0.164. The number of hydrogen-bond donors (Lipinski definition) is 0. The number of ether oxygens (including phenoxy) is 1. The minimum atomic E-state index is -0.164. The zero-order valence-corrected chi connectivity index (χ0v) is 5.83. The largest absolute Gasteiger partial charge is 0.610 e. The molecule has 1 heterocycles. The highest BCUT2D eigenvalue weighted by molar-refractivity contribution is 7.22. The summed E-state index contributed by atoms with van der Waals surface area (Å²) in [4.78, 5) is 0. The van der Waals surface area contributed by atoms with Crippen molar-refractivity contribution in [1.29, 1.82) is 0 Å². The Labute approximate surface area is 50.7 Å². The van der Waals surface area contributed by atoms with Gasteiger partial charge in [-0.1, -0.05) is 6.92 Å². The molecule has 1 aliphatic rings. The van der Waals surface area contributed by atoms with Crippen LogP contribution in [0, 0.1) is 0 Å². The van der Waals surface area contributed by atoms with E-state index in [1.807, 2.05) is 6.92 Å². The van der Waals surface area contributed by atoms with Crippen molar-refractivity contribution in [2.45, 2.75) is 19.4 Å². The second-order valence-electron chi connectivity index (χ2n) is 1.95. The minimum absolute atomic E-state index is 0.0926. The molecule has 1 rings (SSSR count). The van der Waals surface area contributed by atoms with E-state index in [-0.39, 0.29) is 12.0 Å². The summed E-state index contributed by atoms with van der Waals surface area (Å²) in [6.07, 6.45) is 0.860. The molecule has 0 saturated heterocycles. The van der Waals surface area contributed by atoms with Gasteiger partial charge in [-0.15, -0.1) is 9.24 Å². The minimum Gasteiger partial charge on any atom is -0.610 e. The van der Waals surface area contributed by atoms with Gasteiger partial charge in [0.25, 0.3) is 0 Å². The first-order chi connectivity index (χ1) is 3.70. The van der Waals surface area contributed by atoms with Crippen molar-refractivity contribution in [3.8, 4) is 0 Å². The average Bonchev–Trinajstić information content (AvgIpc) is 1.85. The molecule has 0 N–H and O–H groups in total. The van der Waals surface area contributed by atoms with Crippen molar-refractivity contribution in [2.24, 2.45) is 0 Å². The molecule has 0 spiro atoms. The molecule has 0 bridgehead atoms. The molecule has 0 fully saturated rings. The van der Waals surface area contributed by atoms with E-state index in [1.54, 1.807) is 0 Å². The molecule has 0 aromatic heterocycles. The van der Waals surface area contributed by atoms with Gasteiger partial charge in [0.2, 0.25) is 0 Å². The Morgan fingerprint density at radius 2 is 2.50 bits per heavy atom. The normalized spacial score (nSPS) is 28.5. The molecule has 2 unspecified atom stereocenters. The van der Waals surface area contributed by atoms with Gasteiger partial charge in [0.15, 0.2) is 0 Å². The Balaban J connectivity index is 2.60. The molecule has 8 heavy (non-hydrogen) atoms. The first kappa shape index (κ1) is 5.90. The van der Waals surface area contributed by atoms with Gasteiger partial charge in [0.05, 0.1) is 5.95 Å². The van der Waals surface area contributed by atoms with Crippen LogP contribution in [0.25, 0.3) is 0 Å². The smallest absolute Gasteiger partial charge is 0.0548 e. The molecule has 1 aliphatic heterocycles. The van der Waals surface area contributed by atoms with Crippen LogP contribution < -0.4 is 5.11 Å². The van der Waals surface area contributed by atoms with E-state index in [9.17, 15) is 5.11 Å². The molecule has 0 aliphatic carbocycles. The van der Waals surface area contributed by atoms with Gasteiger partial charge in [-0.2, -0.15) is 0 Å². The maximum atomic E-state index is 10.5. The first-order valence-electron chi connectivity index (χ1n) is 2.52. The highest BCUT2D eigenvalue weighted by Gasteiger charge is 2.07. The maximum absolute atomic E-state index is 10.5. The molecule has 0 radical (unpaired) electrons. The van der Waals surface area contributed by atoms with Crippen LogP contribution in [0.2, 0.25) is 0 Å². The highest BCUT2D eigenvalue weighted by atomic mass is 31.0. The molecule has 2 nitrogen and oxygen atoms in total. The number of rotatable bonds is 0. The van der Waals surface area contributed by atoms with Crippen molar-refractivity contribution in [1.82, 2.24) is 0 Å². The summed E-state index contributed by atoms with van der Waals surface area (Å²) in [6, 6.07) is 0. The van der Waals surface area contributed by atoms with E-state index in [4.69, 9.17) is 4.74 Å². The second kappa shape index (κ2) is 1.94. The van der Waals surface area contributed by atoms with Gasteiger partial charge in [-0.3, -0.25) is 0 Å². The Hall–Kier alpha value is -0.230. The van der Waals surface area contributed by atoms with Crippen molar-refractivity contribution in [2.75, 3.05) is 0 Å². The van der Waals surface area contributed by atoms with Gasteiger partial charge in [-0.05, 0) is 11.7 Å². The van der Waals surface area contributed by atoms with Crippen LogP contribution in [0.1, 0.15) is 13.3 Å². The summed E-state index contributed by atoms with van der Waals surface area (Å²) in [7, 11) is 2.38. The van der Waals surface area contributed by atoms with Gasteiger partial charge < -0.3 is 9.84 Å². The second-order valence-corrected chi connectivity index (χ2v) is 2.64. The Morgan fingerprint density at radius 1 is 1.88 bits per heavy atom. The van der Waals surface area contributed by atoms with Crippen molar-refractivity contribution in [3.63, 3.8) is 0 Å². The maximum Gasteiger partial charge on any atom is 0.0548 e. The van der Waals surface area contributed by atoms with Crippen LogP contribution in [-0.4, -0.2) is 6.10 Å². The van der Waals surface area contributed by atoms with E-state index in [0.29, 0.717) is 0 Å². The fourth-order valence-electron chi connectivity index (χ4n) is 0.693. The topological polar surface area (TPSA) is 32.3 Å². The van der Waals surface area contributed by atoms with Crippen LogP contribution in [0.5, 0.6) is 0 Å². The average molecular weight is 131 g/mol.